The van der Waals surface area contributed by atoms with Gasteiger partial charge in [-0.15, -0.1) is 0 Å². The summed E-state index contributed by atoms with van der Waals surface area (Å²) in [4.78, 5) is 22.8. The Balaban J connectivity index is 1.85. The fourth-order valence-corrected chi connectivity index (χ4v) is 3.15. The van der Waals surface area contributed by atoms with Gasteiger partial charge in [-0.1, -0.05) is 11.2 Å². The largest absolute Gasteiger partial charge is 0.342 e. The van der Waals surface area contributed by atoms with E-state index < -0.39 is 5.54 Å². The Hall–Kier alpha value is -2.28. The number of aryl methyl sites for hydroxylation is 1. The van der Waals surface area contributed by atoms with Crippen LogP contribution in [0.5, 0.6) is 0 Å². The van der Waals surface area contributed by atoms with Gasteiger partial charge < -0.3 is 9.84 Å². The van der Waals surface area contributed by atoms with Crippen LogP contribution in [-0.2, 0) is 10.3 Å². The highest BCUT2D eigenvalue weighted by molar-refractivity contribution is 5.74. The average Bonchev–Trinajstić information content (AvgIpc) is 3.14. The third-order valence-electron chi connectivity index (χ3n) is 4.33. The number of amides is 1. The van der Waals surface area contributed by atoms with Crippen molar-refractivity contribution in [3.63, 3.8) is 0 Å². The smallest absolute Gasteiger partial charge is 0.223 e. The first-order valence-corrected chi connectivity index (χ1v) is 7.75. The molecular weight excluding hydrogens is 294 g/mol. The van der Waals surface area contributed by atoms with Crippen LogP contribution >= 0.6 is 0 Å². The Morgan fingerprint density at radius 3 is 2.91 bits per heavy atom. The monoisotopic (exact) mass is 315 g/mol. The van der Waals surface area contributed by atoms with Crippen LogP contribution in [0.4, 0.5) is 0 Å². The van der Waals surface area contributed by atoms with Crippen LogP contribution in [0.1, 0.15) is 43.7 Å². The zero-order valence-electron chi connectivity index (χ0n) is 13.6. The molecule has 1 aliphatic rings. The first-order valence-electron chi connectivity index (χ1n) is 7.75. The number of likely N-dealkylation sites (tertiary alicyclic amines) is 1. The van der Waals surface area contributed by atoms with Crippen molar-refractivity contribution >= 4 is 5.91 Å². The maximum Gasteiger partial charge on any atom is 0.223 e. The SMILES string of the molecule is CC(=O)N[C@@]1(c2noc(C)n2)CCN([C@H](C)c2ccccn2)C1. The van der Waals surface area contributed by atoms with E-state index in [1.54, 1.807) is 13.1 Å². The highest BCUT2D eigenvalue weighted by Gasteiger charge is 2.45. The molecule has 2 atom stereocenters. The predicted octanol–water partition coefficient (Wildman–Crippen LogP) is 1.57. The number of nitrogens with one attached hydrogen (secondary N) is 1. The van der Waals surface area contributed by atoms with E-state index in [9.17, 15) is 4.79 Å². The van der Waals surface area contributed by atoms with E-state index in [0.29, 0.717) is 18.3 Å². The van der Waals surface area contributed by atoms with Crippen molar-refractivity contribution in [2.45, 2.75) is 38.8 Å². The van der Waals surface area contributed by atoms with Crippen molar-refractivity contribution in [2.24, 2.45) is 0 Å². The van der Waals surface area contributed by atoms with Gasteiger partial charge >= 0.3 is 0 Å². The third kappa shape index (κ3) is 3.10. The molecule has 1 saturated heterocycles. The molecule has 0 unspecified atom stereocenters. The number of pyridine rings is 1. The Morgan fingerprint density at radius 2 is 2.30 bits per heavy atom. The molecule has 2 aromatic rings. The molecule has 0 aliphatic carbocycles. The first-order chi connectivity index (χ1) is 11.0. The molecule has 3 rings (SSSR count). The Labute approximate surface area is 135 Å². The van der Waals surface area contributed by atoms with Crippen LogP contribution in [0.3, 0.4) is 0 Å². The minimum absolute atomic E-state index is 0.0974. The van der Waals surface area contributed by atoms with E-state index in [-0.39, 0.29) is 11.9 Å². The summed E-state index contributed by atoms with van der Waals surface area (Å²) in [6.07, 6.45) is 2.54. The van der Waals surface area contributed by atoms with Gasteiger partial charge in [-0.3, -0.25) is 14.7 Å². The van der Waals surface area contributed by atoms with Gasteiger partial charge in [0.1, 0.15) is 5.54 Å². The lowest BCUT2D eigenvalue weighted by atomic mass is 9.97. The minimum atomic E-state index is -0.605. The number of hydrogen-bond acceptors (Lipinski definition) is 6. The summed E-state index contributed by atoms with van der Waals surface area (Å²) in [5.41, 5.74) is 0.405. The third-order valence-corrected chi connectivity index (χ3v) is 4.33. The van der Waals surface area contributed by atoms with Gasteiger partial charge in [0.25, 0.3) is 0 Å². The Bertz CT molecular complexity index is 687. The highest BCUT2D eigenvalue weighted by atomic mass is 16.5. The quantitative estimate of drug-likeness (QED) is 0.922. The Kier molecular flexibility index (Phi) is 4.12. The fraction of sp³-hybridized carbons (Fsp3) is 0.500. The lowest BCUT2D eigenvalue weighted by Gasteiger charge is -2.29. The van der Waals surface area contributed by atoms with E-state index in [0.717, 1.165) is 18.7 Å². The van der Waals surface area contributed by atoms with Crippen LogP contribution < -0.4 is 5.32 Å². The summed E-state index contributed by atoms with van der Waals surface area (Å²) in [7, 11) is 0. The molecule has 7 heteroatoms. The standard InChI is InChI=1S/C16H21N5O2/c1-11(14-6-4-5-8-17-14)21-9-7-16(10-21,19-12(2)22)15-18-13(3)23-20-15/h4-6,8,11H,7,9-10H2,1-3H3,(H,19,22)/t11-,16+/m1/s1. The van der Waals surface area contributed by atoms with E-state index in [1.165, 1.54) is 6.92 Å². The topological polar surface area (TPSA) is 84.2 Å². The normalized spacial score (nSPS) is 22.9. The average molecular weight is 315 g/mol. The number of aromatic nitrogens is 3. The zero-order chi connectivity index (χ0) is 16.4. The molecule has 7 nitrogen and oxygen atoms in total. The van der Waals surface area contributed by atoms with Gasteiger partial charge in [0.2, 0.25) is 11.8 Å². The molecule has 1 aliphatic heterocycles. The molecule has 23 heavy (non-hydrogen) atoms. The maximum absolute atomic E-state index is 11.7. The fourth-order valence-electron chi connectivity index (χ4n) is 3.15. The summed E-state index contributed by atoms with van der Waals surface area (Å²) in [5.74, 6) is 0.946. The van der Waals surface area contributed by atoms with Gasteiger partial charge in [0, 0.05) is 39.2 Å². The highest BCUT2D eigenvalue weighted by Crippen LogP contribution is 2.34. The molecule has 2 aromatic heterocycles. The van der Waals surface area contributed by atoms with E-state index in [1.807, 2.05) is 18.2 Å². The number of carbonyl (C=O) groups excluding carboxylic acids is 1. The molecule has 0 saturated carbocycles. The minimum Gasteiger partial charge on any atom is -0.342 e. The van der Waals surface area contributed by atoms with Crippen LogP contribution in [-0.4, -0.2) is 39.0 Å². The first kappa shape index (κ1) is 15.6. The maximum atomic E-state index is 11.7. The predicted molar refractivity (Wildman–Crippen MR) is 83.4 cm³/mol. The second-order valence-electron chi connectivity index (χ2n) is 6.05. The number of carbonyl (C=O) groups is 1. The van der Waals surface area contributed by atoms with Crippen LogP contribution in [0.15, 0.2) is 28.9 Å². The molecule has 0 spiro atoms. The van der Waals surface area contributed by atoms with E-state index in [2.05, 4.69) is 32.3 Å². The molecule has 0 aromatic carbocycles. The summed E-state index contributed by atoms with van der Waals surface area (Å²) in [6, 6.07) is 6.06. The van der Waals surface area contributed by atoms with Gasteiger partial charge in [-0.05, 0) is 25.5 Å². The molecule has 1 N–H and O–H groups in total. The van der Waals surface area contributed by atoms with Crippen molar-refractivity contribution in [1.82, 2.24) is 25.3 Å². The molecule has 0 bridgehead atoms. The second kappa shape index (κ2) is 6.08. The van der Waals surface area contributed by atoms with Crippen LogP contribution in [0.2, 0.25) is 0 Å². The molecule has 1 amide bonds. The van der Waals surface area contributed by atoms with Crippen molar-refractivity contribution < 1.29 is 9.32 Å². The lowest BCUT2D eigenvalue weighted by Crippen LogP contribution is -2.48. The van der Waals surface area contributed by atoms with Crippen LogP contribution in [0.25, 0.3) is 0 Å². The molecule has 1 fully saturated rings. The Morgan fingerprint density at radius 1 is 1.48 bits per heavy atom. The summed E-state index contributed by atoms with van der Waals surface area (Å²) < 4.78 is 5.12. The van der Waals surface area contributed by atoms with Gasteiger partial charge in [-0.2, -0.15) is 4.98 Å². The van der Waals surface area contributed by atoms with Gasteiger partial charge in [0.05, 0.1) is 5.69 Å². The van der Waals surface area contributed by atoms with Crippen molar-refractivity contribution in [2.75, 3.05) is 13.1 Å². The second-order valence-corrected chi connectivity index (χ2v) is 6.05. The van der Waals surface area contributed by atoms with Gasteiger partial charge in [-0.25, -0.2) is 0 Å². The van der Waals surface area contributed by atoms with Gasteiger partial charge in [0.15, 0.2) is 5.82 Å². The van der Waals surface area contributed by atoms with Crippen molar-refractivity contribution in [3.05, 3.63) is 41.8 Å². The number of hydrogen-bond donors (Lipinski definition) is 1. The summed E-state index contributed by atoms with van der Waals surface area (Å²) in [6.45, 7) is 6.84. The lowest BCUT2D eigenvalue weighted by molar-refractivity contribution is -0.121. The molecule has 122 valence electrons. The van der Waals surface area contributed by atoms with Crippen LogP contribution in [0, 0.1) is 6.92 Å². The summed E-state index contributed by atoms with van der Waals surface area (Å²) in [5, 5.41) is 7.08. The molecule has 3 heterocycles. The molecule has 0 radical (unpaired) electrons. The number of nitrogens with zero attached hydrogens (tertiary/aromatic N) is 4. The van der Waals surface area contributed by atoms with E-state index in [4.69, 9.17) is 4.52 Å². The van der Waals surface area contributed by atoms with Crippen molar-refractivity contribution in [1.29, 1.82) is 0 Å². The van der Waals surface area contributed by atoms with E-state index >= 15 is 0 Å². The zero-order valence-corrected chi connectivity index (χ0v) is 13.6. The molecular formula is C16H21N5O2. The van der Waals surface area contributed by atoms with Crippen molar-refractivity contribution in [3.8, 4) is 0 Å². The number of rotatable bonds is 4. The summed E-state index contributed by atoms with van der Waals surface area (Å²) >= 11 is 0.